The van der Waals surface area contributed by atoms with E-state index in [2.05, 4.69) is 23.0 Å². The number of unbranched alkanes of at least 4 members (excludes halogenated alkanes) is 3. The van der Waals surface area contributed by atoms with Gasteiger partial charge in [-0.05, 0) is 48.8 Å². The molecule has 0 heterocycles. The van der Waals surface area contributed by atoms with Crippen molar-refractivity contribution in [2.75, 3.05) is 0 Å². The molecule has 0 spiro atoms. The van der Waals surface area contributed by atoms with Crippen LogP contribution in [0.2, 0.25) is 0 Å². The highest BCUT2D eigenvalue weighted by molar-refractivity contribution is 5.66. The summed E-state index contributed by atoms with van der Waals surface area (Å²) in [5.74, 6) is -0.450. The Labute approximate surface area is 156 Å². The molecule has 4 heteroatoms. The lowest BCUT2D eigenvalue weighted by atomic mass is 9.82. The third-order valence-corrected chi connectivity index (χ3v) is 6.20. The summed E-state index contributed by atoms with van der Waals surface area (Å²) in [7, 11) is 0. The van der Waals surface area contributed by atoms with Crippen molar-refractivity contribution < 1.29 is 15.0 Å². The second-order valence-electron chi connectivity index (χ2n) is 7.92. The molecule has 3 rings (SSSR count). The molecular weight excluding hydrogens is 326 g/mol. The average Bonchev–Trinajstić information content (AvgIpc) is 3.20. The van der Waals surface area contributed by atoms with E-state index in [1.54, 1.807) is 0 Å². The molecule has 1 aromatic rings. The van der Waals surface area contributed by atoms with Crippen LogP contribution in [0.5, 0.6) is 0 Å². The van der Waals surface area contributed by atoms with Crippen LogP contribution in [-0.4, -0.2) is 28.3 Å². The van der Waals surface area contributed by atoms with Crippen LogP contribution in [0.15, 0.2) is 18.2 Å². The molecule has 1 aromatic carbocycles. The van der Waals surface area contributed by atoms with Crippen molar-refractivity contribution >= 4 is 5.97 Å². The van der Waals surface area contributed by atoms with Crippen molar-refractivity contribution in [3.05, 3.63) is 46.3 Å². The number of aliphatic carboxylic acids is 1. The van der Waals surface area contributed by atoms with Crippen LogP contribution in [0.4, 0.5) is 0 Å². The Bertz CT molecular complexity index is 678. The predicted molar refractivity (Wildman–Crippen MR) is 101 cm³/mol. The first kappa shape index (κ1) is 18.9. The molecule has 0 radical (unpaired) electrons. The molecule has 0 amide bonds. The molecule has 0 aliphatic heterocycles. The molecule has 1 saturated carbocycles. The molecule has 2 unspecified atom stereocenters. The number of hydrogen-bond donors (Lipinski definition) is 2. The topological polar surface area (TPSA) is 61.9 Å². The number of hydrogen-bond acceptors (Lipinski definition) is 2. The predicted octanol–water partition coefficient (Wildman–Crippen LogP) is 4.35. The highest BCUT2D eigenvalue weighted by Crippen LogP contribution is 2.45. The van der Waals surface area contributed by atoms with E-state index < -0.39 is 12.1 Å². The Morgan fingerprint density at radius 3 is 2.69 bits per heavy atom. The fraction of sp³-hybridized carbons (Fsp3) is 0.636. The maximum Gasteiger partial charge on any atom is 0.303 e. The van der Waals surface area contributed by atoms with Gasteiger partial charge in [-0.25, -0.2) is 6.57 Å². The number of rotatable bonds is 8. The summed E-state index contributed by atoms with van der Waals surface area (Å²) in [6.07, 6.45) is 8.50. The minimum absolute atomic E-state index is 0.0685. The van der Waals surface area contributed by atoms with Crippen molar-refractivity contribution in [1.29, 1.82) is 0 Å². The number of carbonyl (C=O) groups is 1. The average molecular weight is 355 g/mol. The Morgan fingerprint density at radius 2 is 1.92 bits per heavy atom. The first-order valence-electron chi connectivity index (χ1n) is 9.98. The van der Waals surface area contributed by atoms with Gasteiger partial charge in [0.25, 0.3) is 0 Å². The molecule has 2 N–H and O–H groups in total. The molecule has 2 aliphatic rings. The standard InChI is InChI=1S/C22H29NO3/c1-23-19-14-20(24)22(17-12-11-15-7-6-8-16(15)13-17)18(19)9-4-2-3-5-10-21(25)26/h11-13,18-20,22,24H,2-10,14H2,(H,25,26)/t18?,19-,20-,22?/m1/s1. The lowest BCUT2D eigenvalue weighted by Gasteiger charge is -2.22. The van der Waals surface area contributed by atoms with Crippen LogP contribution in [0.25, 0.3) is 4.85 Å². The van der Waals surface area contributed by atoms with Crippen molar-refractivity contribution in [1.82, 2.24) is 0 Å². The van der Waals surface area contributed by atoms with E-state index in [4.69, 9.17) is 11.7 Å². The number of nitrogens with zero attached hydrogens (tertiary/aromatic N) is 1. The SMILES string of the molecule is [C-]#[N+][C@@H]1C[C@@H](O)C(c2ccc3c(c2)CCC3)C1CCCCCCC(=O)O. The van der Waals surface area contributed by atoms with Crippen LogP contribution < -0.4 is 0 Å². The molecule has 0 aromatic heterocycles. The van der Waals surface area contributed by atoms with Gasteiger partial charge in [-0.3, -0.25) is 4.79 Å². The number of benzene rings is 1. The van der Waals surface area contributed by atoms with E-state index in [-0.39, 0.29) is 24.3 Å². The number of aliphatic hydroxyl groups excluding tert-OH is 1. The lowest BCUT2D eigenvalue weighted by Crippen LogP contribution is -2.19. The third kappa shape index (κ3) is 4.27. The van der Waals surface area contributed by atoms with Gasteiger partial charge in [0, 0.05) is 24.7 Å². The van der Waals surface area contributed by atoms with E-state index in [1.807, 2.05) is 0 Å². The fourth-order valence-electron chi connectivity index (χ4n) is 4.89. The number of fused-ring (bicyclic) bond motifs is 1. The molecule has 4 nitrogen and oxygen atoms in total. The Balaban J connectivity index is 1.63. The van der Waals surface area contributed by atoms with E-state index in [1.165, 1.54) is 23.1 Å². The summed E-state index contributed by atoms with van der Waals surface area (Å²) in [6, 6.07) is 6.58. The largest absolute Gasteiger partial charge is 0.481 e. The number of carboxylic acids is 1. The second-order valence-corrected chi connectivity index (χ2v) is 7.92. The van der Waals surface area contributed by atoms with Gasteiger partial charge in [0.05, 0.1) is 6.10 Å². The highest BCUT2D eigenvalue weighted by atomic mass is 16.4. The van der Waals surface area contributed by atoms with Gasteiger partial charge in [0.15, 0.2) is 0 Å². The van der Waals surface area contributed by atoms with Crippen molar-refractivity contribution in [3.8, 4) is 0 Å². The first-order valence-corrected chi connectivity index (χ1v) is 9.98. The summed E-state index contributed by atoms with van der Waals surface area (Å²) in [6.45, 7) is 7.54. The van der Waals surface area contributed by atoms with Gasteiger partial charge in [-0.2, -0.15) is 0 Å². The molecular formula is C22H29NO3. The molecule has 0 saturated heterocycles. The fourth-order valence-corrected chi connectivity index (χ4v) is 4.89. The van der Waals surface area contributed by atoms with Crippen LogP contribution in [0.3, 0.4) is 0 Å². The van der Waals surface area contributed by atoms with Gasteiger partial charge in [0.1, 0.15) is 0 Å². The summed E-state index contributed by atoms with van der Waals surface area (Å²) in [5, 5.41) is 19.4. The zero-order chi connectivity index (χ0) is 18.5. The zero-order valence-electron chi connectivity index (χ0n) is 15.4. The van der Waals surface area contributed by atoms with E-state index in [9.17, 15) is 9.90 Å². The summed E-state index contributed by atoms with van der Waals surface area (Å²) in [5.41, 5.74) is 4.08. The number of aryl methyl sites for hydroxylation is 2. The third-order valence-electron chi connectivity index (χ3n) is 6.20. The summed E-state index contributed by atoms with van der Waals surface area (Å²) in [4.78, 5) is 14.4. The van der Waals surface area contributed by atoms with Crippen molar-refractivity contribution in [2.45, 2.75) is 82.3 Å². The highest BCUT2D eigenvalue weighted by Gasteiger charge is 2.46. The van der Waals surface area contributed by atoms with Crippen LogP contribution in [-0.2, 0) is 17.6 Å². The normalized spacial score (nSPS) is 27.2. The van der Waals surface area contributed by atoms with Crippen LogP contribution in [0.1, 0.15) is 74.0 Å². The Hall–Kier alpha value is -1.86. The molecule has 1 fully saturated rings. The molecule has 2 aliphatic carbocycles. The minimum Gasteiger partial charge on any atom is -0.481 e. The van der Waals surface area contributed by atoms with E-state index >= 15 is 0 Å². The zero-order valence-corrected chi connectivity index (χ0v) is 15.4. The quantitative estimate of drug-likeness (QED) is 0.538. The monoisotopic (exact) mass is 355 g/mol. The van der Waals surface area contributed by atoms with Gasteiger partial charge >= 0.3 is 5.97 Å². The van der Waals surface area contributed by atoms with Crippen molar-refractivity contribution in [3.63, 3.8) is 0 Å². The van der Waals surface area contributed by atoms with Gasteiger partial charge in [-0.1, -0.05) is 37.5 Å². The molecule has 0 bridgehead atoms. The molecule has 26 heavy (non-hydrogen) atoms. The maximum atomic E-state index is 10.7. The summed E-state index contributed by atoms with van der Waals surface area (Å²) < 4.78 is 0. The van der Waals surface area contributed by atoms with Crippen LogP contribution in [0, 0.1) is 12.5 Å². The summed E-state index contributed by atoms with van der Waals surface area (Å²) >= 11 is 0. The first-order chi connectivity index (χ1) is 12.6. The number of carboxylic acid groups (broad SMARTS) is 1. The van der Waals surface area contributed by atoms with Gasteiger partial charge in [0.2, 0.25) is 6.04 Å². The number of aliphatic hydroxyl groups is 1. The molecule has 4 atom stereocenters. The van der Waals surface area contributed by atoms with E-state index in [0.717, 1.165) is 44.9 Å². The molecule has 140 valence electrons. The van der Waals surface area contributed by atoms with Crippen LogP contribution >= 0.6 is 0 Å². The second kappa shape index (κ2) is 8.68. The lowest BCUT2D eigenvalue weighted by molar-refractivity contribution is -0.137. The maximum absolute atomic E-state index is 10.7. The Kier molecular flexibility index (Phi) is 6.32. The van der Waals surface area contributed by atoms with E-state index in [0.29, 0.717) is 6.42 Å². The Morgan fingerprint density at radius 1 is 1.15 bits per heavy atom. The van der Waals surface area contributed by atoms with Crippen molar-refractivity contribution in [2.24, 2.45) is 5.92 Å². The minimum atomic E-state index is -0.728. The van der Waals surface area contributed by atoms with Gasteiger partial charge < -0.3 is 15.1 Å². The smallest absolute Gasteiger partial charge is 0.303 e. The van der Waals surface area contributed by atoms with Gasteiger partial charge in [-0.15, -0.1) is 0 Å².